The average Bonchev–Trinajstić information content (AvgIpc) is 3.51. The van der Waals surface area contributed by atoms with E-state index >= 15 is 0 Å². The third-order valence-electron chi connectivity index (χ3n) is 15.3. The van der Waals surface area contributed by atoms with E-state index in [0.29, 0.717) is 28.8 Å². The lowest BCUT2D eigenvalue weighted by molar-refractivity contribution is -0.115. The van der Waals surface area contributed by atoms with Gasteiger partial charge in [-0.3, -0.25) is 5.32 Å². The van der Waals surface area contributed by atoms with Gasteiger partial charge in [0.25, 0.3) is 8.32 Å². The summed E-state index contributed by atoms with van der Waals surface area (Å²) in [5, 5.41) is 6.76. The van der Waals surface area contributed by atoms with E-state index in [1.165, 1.54) is 61.7 Å². The number of nitrogens with one attached hydrogen (secondary N) is 1. The second-order valence-corrected chi connectivity index (χ2v) is 22.8. The Kier molecular flexibility index (Phi) is 7.88. The van der Waals surface area contributed by atoms with Gasteiger partial charge in [0.15, 0.2) is 0 Å². The van der Waals surface area contributed by atoms with Gasteiger partial charge in [-0.25, -0.2) is 0 Å². The van der Waals surface area contributed by atoms with Crippen LogP contribution in [-0.4, -0.2) is 32.8 Å². The molecule has 3 unspecified atom stereocenters. The van der Waals surface area contributed by atoms with E-state index in [4.69, 9.17) is 9.16 Å². The summed E-state index contributed by atoms with van der Waals surface area (Å²) in [6.07, 6.45) is 14.8. The molecular formula is C43H61NO2Si. The van der Waals surface area contributed by atoms with E-state index in [0.717, 1.165) is 36.6 Å². The Bertz CT molecular complexity index is 1430. The highest BCUT2D eigenvalue weighted by Gasteiger charge is 2.68. The number of ether oxygens (including phenoxy) is 1. The molecule has 4 aliphatic carbocycles. The lowest BCUT2D eigenvalue weighted by Crippen LogP contribution is -2.68. The molecule has 254 valence electrons. The number of rotatable bonds is 4. The smallest absolute Gasteiger partial charge is 0.261 e. The summed E-state index contributed by atoms with van der Waals surface area (Å²) in [5.74, 6) is 4.46. The van der Waals surface area contributed by atoms with Gasteiger partial charge in [-0.05, 0) is 114 Å². The predicted octanol–water partition coefficient (Wildman–Crippen LogP) is 8.87. The summed E-state index contributed by atoms with van der Waals surface area (Å²) in [5.41, 5.74) is 2.37. The van der Waals surface area contributed by atoms with Gasteiger partial charge in [-0.1, -0.05) is 121 Å². The zero-order chi connectivity index (χ0) is 32.8. The highest BCUT2D eigenvalue weighted by Crippen LogP contribution is 2.70. The topological polar surface area (TPSA) is 30.5 Å². The molecular weight excluding hydrogens is 591 g/mol. The molecule has 5 fully saturated rings. The molecule has 2 aromatic rings. The fourth-order valence-electron chi connectivity index (χ4n) is 12.9. The fourth-order valence-corrected chi connectivity index (χ4v) is 17.6. The second-order valence-electron chi connectivity index (χ2n) is 18.6. The lowest BCUT2D eigenvalue weighted by Gasteiger charge is -2.59. The van der Waals surface area contributed by atoms with Gasteiger partial charge in [0, 0.05) is 18.6 Å². The summed E-state index contributed by atoms with van der Waals surface area (Å²) in [7, 11) is -2.57. The minimum atomic E-state index is -2.57. The monoisotopic (exact) mass is 651 g/mol. The van der Waals surface area contributed by atoms with Crippen molar-refractivity contribution in [1.29, 1.82) is 0 Å². The molecule has 0 aromatic heterocycles. The van der Waals surface area contributed by atoms with Gasteiger partial charge in [0.05, 0.1) is 6.10 Å². The predicted molar refractivity (Wildman–Crippen MR) is 196 cm³/mol. The van der Waals surface area contributed by atoms with Gasteiger partial charge in [0.1, 0.15) is 5.72 Å². The van der Waals surface area contributed by atoms with Crippen molar-refractivity contribution in [3.8, 4) is 0 Å². The third-order valence-corrected chi connectivity index (χ3v) is 20.4. The molecule has 6 aliphatic rings. The summed E-state index contributed by atoms with van der Waals surface area (Å²) < 4.78 is 14.9. The summed E-state index contributed by atoms with van der Waals surface area (Å²) in [4.78, 5) is 0. The van der Waals surface area contributed by atoms with Crippen LogP contribution in [-0.2, 0) is 9.16 Å². The van der Waals surface area contributed by atoms with Crippen molar-refractivity contribution in [3.05, 3.63) is 72.3 Å². The SMILES string of the molecule is C[C@@H]1CC[C@@]2(NC1)O[C@H]1CC3C4CC=C5C[C@@H](O[Si](c6ccccc6)(c6ccccc6)C(C)(C)C)CC[C@]5(C)C4CC[C@]3(C)[C@H]1[C@@H]2C. The molecule has 47 heavy (non-hydrogen) atoms. The second kappa shape index (κ2) is 11.4. The number of benzene rings is 2. The Morgan fingerprint density at radius 2 is 1.53 bits per heavy atom. The standard InChI is InChI=1S/C43H61NO2Si/c1-29-20-25-43(44-28-29)30(2)39-38(45-43)27-37-35-19-18-31-26-32(21-23-41(31,6)36(35)22-24-42(37,39)7)46-47(40(3,4)5,33-14-10-8-11-15-33)34-16-12-9-13-17-34/h8-18,29-30,32,35-39,44H,19-28H2,1-7H3/t29-,30+,32+,35?,36?,37?,38+,39+,41+,42+,43-/m1/s1. The van der Waals surface area contributed by atoms with Crippen LogP contribution in [0, 0.1) is 46.3 Å². The zero-order valence-electron chi connectivity index (χ0n) is 30.4. The number of hydrogen-bond donors (Lipinski definition) is 1. The highest BCUT2D eigenvalue weighted by atomic mass is 28.4. The summed E-state index contributed by atoms with van der Waals surface area (Å²) in [6.45, 7) is 18.7. The lowest BCUT2D eigenvalue weighted by atomic mass is 9.47. The van der Waals surface area contributed by atoms with E-state index in [9.17, 15) is 0 Å². The Morgan fingerprint density at radius 3 is 2.15 bits per heavy atom. The Morgan fingerprint density at radius 1 is 0.851 bits per heavy atom. The molecule has 3 saturated carbocycles. The Hall–Kier alpha value is -1.72. The maximum Gasteiger partial charge on any atom is 0.261 e. The van der Waals surface area contributed by atoms with Gasteiger partial charge in [-0.15, -0.1) is 0 Å². The maximum absolute atomic E-state index is 7.73. The maximum atomic E-state index is 7.73. The van der Waals surface area contributed by atoms with Gasteiger partial charge < -0.3 is 9.16 Å². The van der Waals surface area contributed by atoms with Gasteiger partial charge in [0.2, 0.25) is 0 Å². The van der Waals surface area contributed by atoms with Crippen LogP contribution in [0.25, 0.3) is 0 Å². The third kappa shape index (κ3) is 4.81. The van der Waals surface area contributed by atoms with Crippen molar-refractivity contribution in [2.24, 2.45) is 46.3 Å². The molecule has 2 aliphatic heterocycles. The molecule has 2 saturated heterocycles. The van der Waals surface area contributed by atoms with Crippen LogP contribution in [0.1, 0.15) is 106 Å². The number of fused-ring (bicyclic) bond motifs is 7. The first-order valence-electron chi connectivity index (χ1n) is 19.3. The van der Waals surface area contributed by atoms with E-state index < -0.39 is 8.32 Å². The van der Waals surface area contributed by atoms with Gasteiger partial charge >= 0.3 is 0 Å². The molecule has 4 heteroatoms. The average molecular weight is 652 g/mol. The van der Waals surface area contributed by atoms with Crippen molar-refractivity contribution in [2.75, 3.05) is 6.54 Å². The number of piperidine rings is 1. The zero-order valence-corrected chi connectivity index (χ0v) is 31.4. The minimum Gasteiger partial charge on any atom is -0.404 e. The van der Waals surface area contributed by atoms with E-state index in [-0.39, 0.29) is 16.9 Å². The first-order chi connectivity index (χ1) is 22.4. The summed E-state index contributed by atoms with van der Waals surface area (Å²) in [6, 6.07) is 22.5. The quantitative estimate of drug-likeness (QED) is 0.265. The van der Waals surface area contributed by atoms with Crippen molar-refractivity contribution < 1.29 is 9.16 Å². The Labute approximate surface area is 286 Å². The summed E-state index contributed by atoms with van der Waals surface area (Å²) >= 11 is 0. The van der Waals surface area contributed by atoms with Crippen LogP contribution >= 0.6 is 0 Å². The molecule has 0 radical (unpaired) electrons. The number of allylic oxidation sites excluding steroid dienone is 1. The Balaban J connectivity index is 1.05. The largest absolute Gasteiger partial charge is 0.404 e. The first-order valence-corrected chi connectivity index (χ1v) is 21.2. The van der Waals surface area contributed by atoms with Crippen LogP contribution in [0.4, 0.5) is 0 Å². The van der Waals surface area contributed by atoms with Crippen molar-refractivity contribution in [1.82, 2.24) is 5.32 Å². The molecule has 1 N–H and O–H groups in total. The van der Waals surface area contributed by atoms with Crippen molar-refractivity contribution in [3.63, 3.8) is 0 Å². The molecule has 0 amide bonds. The van der Waals surface area contributed by atoms with E-state index in [1.54, 1.807) is 5.57 Å². The van der Waals surface area contributed by atoms with Gasteiger partial charge in [-0.2, -0.15) is 0 Å². The molecule has 0 bridgehead atoms. The molecule has 11 atom stereocenters. The first kappa shape index (κ1) is 32.5. The molecule has 3 nitrogen and oxygen atoms in total. The minimum absolute atomic E-state index is 0.0139. The van der Waals surface area contributed by atoms with Crippen molar-refractivity contribution in [2.45, 2.75) is 129 Å². The van der Waals surface area contributed by atoms with E-state index in [2.05, 4.69) is 121 Å². The van der Waals surface area contributed by atoms with Crippen LogP contribution in [0.15, 0.2) is 72.3 Å². The van der Waals surface area contributed by atoms with E-state index in [1.807, 2.05) is 0 Å². The molecule has 8 rings (SSSR count). The molecule has 1 spiro atoms. The molecule has 2 heterocycles. The number of hydrogen-bond acceptors (Lipinski definition) is 3. The van der Waals surface area contributed by atoms with Crippen LogP contribution in [0.2, 0.25) is 5.04 Å². The van der Waals surface area contributed by atoms with Crippen LogP contribution < -0.4 is 15.7 Å². The normalized spacial score (nSPS) is 43.1. The van der Waals surface area contributed by atoms with Crippen LogP contribution in [0.3, 0.4) is 0 Å². The fraction of sp³-hybridized carbons (Fsp3) is 0.674. The van der Waals surface area contributed by atoms with Crippen LogP contribution in [0.5, 0.6) is 0 Å². The molecule has 2 aromatic carbocycles. The van der Waals surface area contributed by atoms with Crippen molar-refractivity contribution >= 4 is 18.7 Å². The highest BCUT2D eigenvalue weighted by molar-refractivity contribution is 6.99.